The number of ketones is 2. The fourth-order valence-corrected chi connectivity index (χ4v) is 7.37. The molecule has 0 bridgehead atoms. The van der Waals surface area contributed by atoms with E-state index in [1.165, 1.54) is 0 Å². The minimum Gasteiger partial charge on any atom is -0.393 e. The van der Waals surface area contributed by atoms with Crippen LogP contribution in [0.25, 0.3) is 0 Å². The Morgan fingerprint density at radius 2 is 2.04 bits per heavy atom. The van der Waals surface area contributed by atoms with Crippen LogP contribution in [0.3, 0.4) is 0 Å². The van der Waals surface area contributed by atoms with Gasteiger partial charge in [0.25, 0.3) is 0 Å². The average Bonchev–Trinajstić information content (AvgIpc) is 2.82. The van der Waals surface area contributed by atoms with Crippen LogP contribution in [0.1, 0.15) is 46.5 Å². The van der Waals surface area contributed by atoms with Crippen LogP contribution in [0, 0.1) is 34.5 Å². The highest BCUT2D eigenvalue weighted by atomic mass is 16.3. The summed E-state index contributed by atoms with van der Waals surface area (Å²) in [5.74, 6) is -0.539. The highest BCUT2D eigenvalue weighted by Gasteiger charge is 2.70. The molecule has 0 aromatic rings. The maximum atomic E-state index is 12.6. The number of aliphatic hydroxyl groups is 3. The van der Waals surface area contributed by atoms with Gasteiger partial charge in [-0.1, -0.05) is 32.4 Å². The first-order valence-corrected chi connectivity index (χ1v) is 10.1. The number of rotatable bonds is 2. The zero-order valence-electron chi connectivity index (χ0n) is 16.3. The van der Waals surface area contributed by atoms with Gasteiger partial charge in [0.05, 0.1) is 6.10 Å². The Morgan fingerprint density at radius 1 is 1.33 bits per heavy atom. The van der Waals surface area contributed by atoms with Crippen LogP contribution in [0.5, 0.6) is 0 Å². The Hall–Kier alpha value is -1.30. The summed E-state index contributed by atoms with van der Waals surface area (Å²) in [4.78, 5) is 24.4. The van der Waals surface area contributed by atoms with Gasteiger partial charge in [-0.3, -0.25) is 9.59 Å². The molecule has 3 N–H and O–H groups in total. The molecule has 0 spiro atoms. The van der Waals surface area contributed by atoms with Crippen molar-refractivity contribution in [3.05, 3.63) is 23.8 Å². The summed E-state index contributed by atoms with van der Waals surface area (Å²) in [5, 5.41) is 32.1. The molecule has 27 heavy (non-hydrogen) atoms. The molecule has 0 aromatic heterocycles. The molecule has 6 unspecified atom stereocenters. The van der Waals surface area contributed by atoms with Crippen molar-refractivity contribution in [1.82, 2.24) is 0 Å². The highest BCUT2D eigenvalue weighted by Crippen LogP contribution is 2.68. The van der Waals surface area contributed by atoms with E-state index in [0.717, 1.165) is 18.4 Å². The van der Waals surface area contributed by atoms with Gasteiger partial charge in [0.2, 0.25) is 0 Å². The van der Waals surface area contributed by atoms with Gasteiger partial charge in [0.1, 0.15) is 12.2 Å². The average molecular weight is 374 g/mol. The molecule has 4 aliphatic rings. The van der Waals surface area contributed by atoms with Crippen LogP contribution < -0.4 is 0 Å². The summed E-state index contributed by atoms with van der Waals surface area (Å²) in [5.41, 5.74) is -1.62. The molecular formula is C22H30O5. The van der Waals surface area contributed by atoms with Gasteiger partial charge in [0, 0.05) is 16.7 Å². The van der Waals surface area contributed by atoms with Crippen LogP contribution in [0.2, 0.25) is 0 Å². The molecule has 0 aliphatic heterocycles. The molecule has 4 aliphatic carbocycles. The SMILES string of the molecule is CC1C[C@H]2C3CCC4=CC(=O)C=CC4(C)C3C(O)CC2(C)[C@@]1(O)C(=O)CO. The lowest BCUT2D eigenvalue weighted by Crippen LogP contribution is -2.62. The van der Waals surface area contributed by atoms with Crippen molar-refractivity contribution >= 4 is 11.6 Å². The second-order valence-corrected chi connectivity index (χ2v) is 9.70. The Bertz CT molecular complexity index is 754. The third kappa shape index (κ3) is 2.22. The molecule has 148 valence electrons. The molecule has 0 aromatic carbocycles. The van der Waals surface area contributed by atoms with Gasteiger partial charge in [-0.15, -0.1) is 0 Å². The first-order chi connectivity index (χ1) is 12.6. The van der Waals surface area contributed by atoms with Gasteiger partial charge in [0.15, 0.2) is 11.6 Å². The van der Waals surface area contributed by atoms with Gasteiger partial charge >= 0.3 is 0 Å². The minimum atomic E-state index is -1.60. The van der Waals surface area contributed by atoms with Crippen molar-refractivity contribution in [3.63, 3.8) is 0 Å². The zero-order valence-corrected chi connectivity index (χ0v) is 16.3. The van der Waals surface area contributed by atoms with E-state index in [1.807, 2.05) is 19.9 Å². The van der Waals surface area contributed by atoms with E-state index < -0.39 is 29.5 Å². The Morgan fingerprint density at radius 3 is 2.70 bits per heavy atom. The van der Waals surface area contributed by atoms with Crippen molar-refractivity contribution < 1.29 is 24.9 Å². The summed E-state index contributed by atoms with van der Waals surface area (Å²) >= 11 is 0. The van der Waals surface area contributed by atoms with Gasteiger partial charge in [-0.25, -0.2) is 0 Å². The van der Waals surface area contributed by atoms with Gasteiger partial charge in [-0.2, -0.15) is 0 Å². The van der Waals surface area contributed by atoms with E-state index >= 15 is 0 Å². The first kappa shape index (κ1) is 19.0. The number of allylic oxidation sites excluding steroid dienone is 4. The molecule has 3 saturated carbocycles. The van der Waals surface area contributed by atoms with Crippen molar-refractivity contribution in [2.24, 2.45) is 34.5 Å². The summed E-state index contributed by atoms with van der Waals surface area (Å²) in [7, 11) is 0. The number of fused-ring (bicyclic) bond motifs is 5. The van der Waals surface area contributed by atoms with E-state index in [0.29, 0.717) is 12.8 Å². The molecule has 0 radical (unpaired) electrons. The van der Waals surface area contributed by atoms with E-state index in [1.54, 1.807) is 12.2 Å². The number of carbonyl (C=O) groups excluding carboxylic acids is 2. The first-order valence-electron chi connectivity index (χ1n) is 10.1. The van der Waals surface area contributed by atoms with E-state index in [-0.39, 0.29) is 34.9 Å². The summed E-state index contributed by atoms with van der Waals surface area (Å²) < 4.78 is 0. The molecule has 0 amide bonds. The fraction of sp³-hybridized carbons (Fsp3) is 0.727. The van der Waals surface area contributed by atoms with Crippen LogP contribution in [-0.2, 0) is 9.59 Å². The molecule has 3 fully saturated rings. The summed E-state index contributed by atoms with van der Waals surface area (Å²) in [6.07, 6.45) is 7.30. The summed E-state index contributed by atoms with van der Waals surface area (Å²) in [6.45, 7) is 5.23. The second kappa shape index (κ2) is 5.85. The predicted molar refractivity (Wildman–Crippen MR) is 99.6 cm³/mol. The van der Waals surface area contributed by atoms with Gasteiger partial charge in [-0.05, 0) is 55.6 Å². The monoisotopic (exact) mass is 374 g/mol. The van der Waals surface area contributed by atoms with Gasteiger partial charge < -0.3 is 15.3 Å². The lowest BCUT2D eigenvalue weighted by atomic mass is 9.46. The maximum absolute atomic E-state index is 12.6. The number of aliphatic hydroxyl groups excluding tert-OH is 2. The highest BCUT2D eigenvalue weighted by molar-refractivity contribution is 6.01. The largest absolute Gasteiger partial charge is 0.393 e. The fourth-order valence-electron chi connectivity index (χ4n) is 7.37. The number of Topliss-reactive ketones (excluding diaryl/α,β-unsaturated/α-hetero) is 1. The lowest BCUT2D eigenvalue weighted by molar-refractivity contribution is -0.183. The molecular weight excluding hydrogens is 344 g/mol. The van der Waals surface area contributed by atoms with Crippen molar-refractivity contribution in [3.8, 4) is 0 Å². The van der Waals surface area contributed by atoms with Crippen molar-refractivity contribution in [2.75, 3.05) is 6.61 Å². The molecule has 8 atom stereocenters. The maximum Gasteiger partial charge on any atom is 0.190 e. The van der Waals surface area contributed by atoms with Crippen LogP contribution in [0.15, 0.2) is 23.8 Å². The normalized spacial score (nSPS) is 51.3. The number of hydrogen-bond acceptors (Lipinski definition) is 5. The Kier molecular flexibility index (Phi) is 4.12. The standard InChI is InChI=1S/C22H30O5/c1-12-8-16-15-5-4-13-9-14(24)6-7-20(13,2)19(15)17(25)10-21(16,3)22(12,27)18(26)11-23/h6-7,9,12,15-17,19,23,25,27H,4-5,8,10-11H2,1-3H3/t12?,15?,16-,17?,19?,20?,21?,22-/m0/s1. The topological polar surface area (TPSA) is 94.8 Å². The Balaban J connectivity index is 1.78. The van der Waals surface area contributed by atoms with E-state index in [9.17, 15) is 24.9 Å². The number of hydrogen-bond donors (Lipinski definition) is 3. The Labute approximate surface area is 160 Å². The van der Waals surface area contributed by atoms with Crippen LogP contribution >= 0.6 is 0 Å². The third-order valence-corrected chi connectivity index (χ3v) is 8.65. The quantitative estimate of drug-likeness (QED) is 0.685. The molecule has 0 saturated heterocycles. The predicted octanol–water partition coefficient (Wildman–Crippen LogP) is 1.80. The van der Waals surface area contributed by atoms with Crippen molar-refractivity contribution in [2.45, 2.75) is 58.2 Å². The molecule has 4 rings (SSSR count). The third-order valence-electron chi connectivity index (χ3n) is 8.65. The number of carbonyl (C=O) groups is 2. The molecule has 5 heteroatoms. The molecule has 5 nitrogen and oxygen atoms in total. The second-order valence-electron chi connectivity index (χ2n) is 9.70. The van der Waals surface area contributed by atoms with Crippen LogP contribution in [0.4, 0.5) is 0 Å². The summed E-state index contributed by atoms with van der Waals surface area (Å²) in [6, 6.07) is 0. The smallest absolute Gasteiger partial charge is 0.190 e. The van der Waals surface area contributed by atoms with Crippen molar-refractivity contribution in [1.29, 1.82) is 0 Å². The minimum absolute atomic E-state index is 0.00784. The lowest BCUT2D eigenvalue weighted by Gasteiger charge is -2.59. The van der Waals surface area contributed by atoms with E-state index in [4.69, 9.17) is 0 Å². The van der Waals surface area contributed by atoms with E-state index in [2.05, 4.69) is 6.92 Å². The van der Waals surface area contributed by atoms with Crippen LogP contribution in [-0.4, -0.2) is 45.2 Å². The molecule has 0 heterocycles. The zero-order chi connectivity index (χ0) is 19.8.